The van der Waals surface area contributed by atoms with Crippen LogP contribution in [0.25, 0.3) is 0 Å². The van der Waals surface area contributed by atoms with Gasteiger partial charge in [-0.05, 0) is 11.4 Å². The molecule has 6 nitrogen and oxygen atoms in total. The summed E-state index contributed by atoms with van der Waals surface area (Å²) in [5.41, 5.74) is 0.524. The zero-order valence-electron chi connectivity index (χ0n) is 11.0. The molecule has 20 heavy (non-hydrogen) atoms. The van der Waals surface area contributed by atoms with Crippen molar-refractivity contribution in [2.75, 3.05) is 25.4 Å². The van der Waals surface area contributed by atoms with Gasteiger partial charge >= 0.3 is 0 Å². The number of thiophene rings is 1. The van der Waals surface area contributed by atoms with Gasteiger partial charge in [0, 0.05) is 18.7 Å². The number of rotatable bonds is 6. The molecule has 8 heteroatoms. The van der Waals surface area contributed by atoms with Gasteiger partial charge in [-0.3, -0.25) is 4.79 Å². The first kappa shape index (κ1) is 16.7. The third-order valence-electron chi connectivity index (χ3n) is 2.19. The highest BCUT2D eigenvalue weighted by Gasteiger charge is 2.13. The first-order valence-electron chi connectivity index (χ1n) is 5.93. The van der Waals surface area contributed by atoms with Gasteiger partial charge in [0.1, 0.15) is 11.5 Å². The third-order valence-corrected chi connectivity index (χ3v) is 4.58. The summed E-state index contributed by atoms with van der Waals surface area (Å²) >= 11 is 1.22. The highest BCUT2D eigenvalue weighted by atomic mass is 32.2. The second kappa shape index (κ2) is 8.01. The molecule has 1 amide bonds. The fraction of sp³-hybridized carbons (Fsp3) is 0.417. The maximum absolute atomic E-state index is 11.9. The Morgan fingerprint density at radius 1 is 1.50 bits per heavy atom. The van der Waals surface area contributed by atoms with Crippen molar-refractivity contribution in [1.29, 1.82) is 0 Å². The van der Waals surface area contributed by atoms with E-state index in [1.807, 2.05) is 0 Å². The van der Waals surface area contributed by atoms with Gasteiger partial charge in [0.15, 0.2) is 0 Å². The van der Waals surface area contributed by atoms with Crippen LogP contribution in [0.15, 0.2) is 11.4 Å². The molecule has 0 spiro atoms. The largest absolute Gasteiger partial charge is 0.384 e. The number of hydrogen-bond acceptors (Lipinski definition) is 5. The number of nitrogens with one attached hydrogen (secondary N) is 2. The maximum atomic E-state index is 11.9. The fourth-order valence-electron chi connectivity index (χ4n) is 1.39. The molecule has 0 aliphatic heterocycles. The molecule has 0 aliphatic rings. The van der Waals surface area contributed by atoms with Crippen LogP contribution >= 0.6 is 11.3 Å². The molecule has 0 bridgehead atoms. The molecule has 0 aromatic carbocycles. The van der Waals surface area contributed by atoms with Crippen molar-refractivity contribution in [3.63, 3.8) is 0 Å². The van der Waals surface area contributed by atoms with E-state index in [9.17, 15) is 13.2 Å². The highest BCUT2D eigenvalue weighted by molar-refractivity contribution is 7.89. The molecule has 3 N–H and O–H groups in total. The van der Waals surface area contributed by atoms with Crippen LogP contribution in [-0.2, 0) is 10.0 Å². The molecule has 110 valence electrons. The fourth-order valence-corrected chi connectivity index (χ4v) is 3.11. The van der Waals surface area contributed by atoms with Crippen molar-refractivity contribution in [2.24, 2.45) is 0 Å². The molecule has 1 aromatic rings. The Morgan fingerprint density at radius 3 is 2.90 bits per heavy atom. The van der Waals surface area contributed by atoms with Crippen molar-refractivity contribution < 1.29 is 18.3 Å². The van der Waals surface area contributed by atoms with Gasteiger partial charge in [-0.2, -0.15) is 0 Å². The number of carbonyl (C=O) groups is 1. The van der Waals surface area contributed by atoms with E-state index < -0.39 is 10.0 Å². The minimum atomic E-state index is -3.34. The summed E-state index contributed by atoms with van der Waals surface area (Å²) in [4.78, 5) is 12.3. The summed E-state index contributed by atoms with van der Waals surface area (Å²) in [7, 11) is -3.34. The van der Waals surface area contributed by atoms with E-state index in [-0.39, 0.29) is 24.8 Å². The van der Waals surface area contributed by atoms with Gasteiger partial charge in [-0.15, -0.1) is 11.3 Å². The van der Waals surface area contributed by atoms with Gasteiger partial charge in [0.2, 0.25) is 10.0 Å². The van der Waals surface area contributed by atoms with E-state index >= 15 is 0 Å². The van der Waals surface area contributed by atoms with E-state index in [1.165, 1.54) is 11.3 Å². The Hall–Kier alpha value is -1.40. The Kier molecular flexibility index (Phi) is 6.67. The lowest BCUT2D eigenvalue weighted by Crippen LogP contribution is -2.34. The van der Waals surface area contributed by atoms with Gasteiger partial charge < -0.3 is 10.4 Å². The number of carbonyl (C=O) groups excluding carboxylic acids is 1. The number of amides is 1. The number of sulfonamides is 1. The molecular formula is C12H16N2O4S2. The monoisotopic (exact) mass is 316 g/mol. The Morgan fingerprint density at radius 2 is 2.25 bits per heavy atom. The minimum absolute atomic E-state index is 0.0267. The quantitative estimate of drug-likeness (QED) is 0.631. The highest BCUT2D eigenvalue weighted by Crippen LogP contribution is 2.15. The van der Waals surface area contributed by atoms with Crippen LogP contribution in [-0.4, -0.2) is 44.9 Å². The molecule has 0 saturated carbocycles. The Balaban J connectivity index is 2.58. The molecule has 0 fully saturated rings. The van der Waals surface area contributed by atoms with Crippen LogP contribution in [0.3, 0.4) is 0 Å². The first-order valence-corrected chi connectivity index (χ1v) is 8.46. The predicted molar refractivity (Wildman–Crippen MR) is 78.1 cm³/mol. The standard InChI is InChI=1S/C12H16N2O4S2/c1-2-14-20(17,18)9-6-13-12(16)11-10(4-3-7-15)5-8-19-11/h5,8,14-15H,2,6-7,9H2,1H3,(H,13,16). The van der Waals surface area contributed by atoms with Crippen LogP contribution < -0.4 is 10.0 Å². The van der Waals surface area contributed by atoms with E-state index in [0.717, 1.165) is 0 Å². The summed E-state index contributed by atoms with van der Waals surface area (Å²) < 4.78 is 25.1. The van der Waals surface area contributed by atoms with Crippen LogP contribution in [0.1, 0.15) is 22.2 Å². The van der Waals surface area contributed by atoms with Crippen molar-refractivity contribution in [2.45, 2.75) is 6.92 Å². The van der Waals surface area contributed by atoms with Crippen molar-refractivity contribution in [3.8, 4) is 11.8 Å². The third kappa shape index (κ3) is 5.30. The molecular weight excluding hydrogens is 300 g/mol. The minimum Gasteiger partial charge on any atom is -0.384 e. The van der Waals surface area contributed by atoms with Crippen molar-refractivity contribution >= 4 is 27.3 Å². The number of aliphatic hydroxyl groups is 1. The molecule has 1 heterocycles. The van der Waals surface area contributed by atoms with E-state index in [2.05, 4.69) is 21.9 Å². The smallest absolute Gasteiger partial charge is 0.262 e. The van der Waals surface area contributed by atoms with E-state index in [0.29, 0.717) is 17.0 Å². The molecule has 0 radical (unpaired) electrons. The van der Waals surface area contributed by atoms with Crippen LogP contribution in [0.5, 0.6) is 0 Å². The lowest BCUT2D eigenvalue weighted by molar-refractivity contribution is 0.0960. The average molecular weight is 316 g/mol. The molecule has 1 aromatic heterocycles. The van der Waals surface area contributed by atoms with Crippen molar-refractivity contribution in [3.05, 3.63) is 21.9 Å². The average Bonchev–Trinajstić information content (AvgIpc) is 2.84. The SMILES string of the molecule is CCNS(=O)(=O)CCNC(=O)c1sccc1C#CCO. The van der Waals surface area contributed by atoms with Gasteiger partial charge in [-0.1, -0.05) is 18.8 Å². The van der Waals surface area contributed by atoms with Gasteiger partial charge in [0.25, 0.3) is 5.91 Å². The van der Waals surface area contributed by atoms with E-state index in [4.69, 9.17) is 5.11 Å². The molecule has 0 atom stereocenters. The molecule has 0 aliphatic carbocycles. The second-order valence-electron chi connectivity index (χ2n) is 3.70. The van der Waals surface area contributed by atoms with Gasteiger partial charge in [-0.25, -0.2) is 13.1 Å². The zero-order chi connectivity index (χ0) is 15.0. The van der Waals surface area contributed by atoms with Crippen LogP contribution in [0.2, 0.25) is 0 Å². The lowest BCUT2D eigenvalue weighted by Gasteiger charge is -2.06. The molecule has 1 rings (SSSR count). The number of aliphatic hydroxyl groups excluding tert-OH is 1. The molecule has 0 unspecified atom stereocenters. The topological polar surface area (TPSA) is 95.5 Å². The van der Waals surface area contributed by atoms with Crippen molar-refractivity contribution in [1.82, 2.24) is 10.0 Å². The lowest BCUT2D eigenvalue weighted by atomic mass is 10.2. The van der Waals surface area contributed by atoms with Gasteiger partial charge in [0.05, 0.1) is 5.75 Å². The summed E-state index contributed by atoms with van der Waals surface area (Å²) in [5, 5.41) is 12.9. The zero-order valence-corrected chi connectivity index (χ0v) is 12.6. The normalized spacial score (nSPS) is 10.7. The first-order chi connectivity index (χ1) is 9.50. The number of hydrogen-bond donors (Lipinski definition) is 3. The second-order valence-corrected chi connectivity index (χ2v) is 6.54. The summed E-state index contributed by atoms with van der Waals surface area (Å²) in [6, 6.07) is 1.68. The molecule has 0 saturated heterocycles. The predicted octanol–water partition coefficient (Wildman–Crippen LogP) is -0.239. The van der Waals surface area contributed by atoms with Crippen LogP contribution in [0, 0.1) is 11.8 Å². The Labute approximate surface area is 122 Å². The van der Waals surface area contributed by atoms with E-state index in [1.54, 1.807) is 18.4 Å². The summed E-state index contributed by atoms with van der Waals surface area (Å²) in [6.07, 6.45) is 0. The summed E-state index contributed by atoms with van der Waals surface area (Å²) in [5.74, 6) is 4.60. The Bertz CT molecular complexity index is 611. The summed E-state index contributed by atoms with van der Waals surface area (Å²) in [6.45, 7) is 1.76. The maximum Gasteiger partial charge on any atom is 0.262 e. The van der Waals surface area contributed by atoms with Crippen LogP contribution in [0.4, 0.5) is 0 Å².